The van der Waals surface area contributed by atoms with Crippen molar-refractivity contribution in [1.82, 2.24) is 15.1 Å². The Balaban J connectivity index is 1.14. The maximum absolute atomic E-state index is 12.7. The molecule has 1 fully saturated rings. The van der Waals surface area contributed by atoms with Crippen molar-refractivity contribution in [2.45, 2.75) is 31.2 Å². The van der Waals surface area contributed by atoms with Crippen LogP contribution >= 0.6 is 0 Å². The lowest BCUT2D eigenvalue weighted by Gasteiger charge is -2.17. The molecule has 2 aliphatic rings. The minimum atomic E-state index is -1.16. The van der Waals surface area contributed by atoms with E-state index in [1.807, 2.05) is 24.3 Å². The topological polar surface area (TPSA) is 123 Å². The van der Waals surface area contributed by atoms with Gasteiger partial charge in [-0.15, -0.1) is 0 Å². The largest absolute Gasteiger partial charge is 0.476 e. The average molecular weight is 475 g/mol. The molecular formula is C26H26N4O5. The number of hydrogen-bond acceptors (Lipinski definition) is 5. The number of carbonyl (C=O) groups excluding carboxylic acids is 2. The van der Waals surface area contributed by atoms with Crippen LogP contribution < -0.4 is 10.6 Å². The maximum atomic E-state index is 12.7. The molecule has 2 aliphatic carbocycles. The van der Waals surface area contributed by atoms with Gasteiger partial charge in [-0.25, -0.2) is 9.59 Å². The Morgan fingerprint density at radius 3 is 2.34 bits per heavy atom. The molecule has 3 N–H and O–H groups in total. The lowest BCUT2D eigenvalue weighted by atomic mass is 9.98. The number of nitrogens with zero attached hydrogens (tertiary/aromatic N) is 2. The van der Waals surface area contributed by atoms with E-state index in [0.717, 1.165) is 11.1 Å². The van der Waals surface area contributed by atoms with Crippen molar-refractivity contribution in [3.63, 3.8) is 0 Å². The van der Waals surface area contributed by atoms with E-state index in [1.54, 1.807) is 7.05 Å². The molecule has 0 radical (unpaired) electrons. The van der Waals surface area contributed by atoms with E-state index in [-0.39, 0.29) is 36.1 Å². The van der Waals surface area contributed by atoms with Crippen LogP contribution in [-0.4, -0.2) is 45.5 Å². The zero-order valence-electron chi connectivity index (χ0n) is 19.2. The number of carbonyl (C=O) groups is 3. The van der Waals surface area contributed by atoms with Crippen molar-refractivity contribution in [1.29, 1.82) is 0 Å². The first-order valence-corrected chi connectivity index (χ1v) is 11.6. The van der Waals surface area contributed by atoms with Crippen molar-refractivity contribution in [3.05, 3.63) is 71.4 Å². The Morgan fingerprint density at radius 2 is 1.71 bits per heavy atom. The van der Waals surface area contributed by atoms with Gasteiger partial charge in [-0.1, -0.05) is 48.5 Å². The van der Waals surface area contributed by atoms with Crippen molar-refractivity contribution >= 4 is 23.8 Å². The van der Waals surface area contributed by atoms with Crippen LogP contribution in [0.3, 0.4) is 0 Å². The van der Waals surface area contributed by atoms with E-state index in [4.69, 9.17) is 9.84 Å². The Morgan fingerprint density at radius 1 is 1.06 bits per heavy atom. The van der Waals surface area contributed by atoms with Gasteiger partial charge >= 0.3 is 12.1 Å². The van der Waals surface area contributed by atoms with Crippen molar-refractivity contribution < 1.29 is 24.2 Å². The number of fused-ring (bicyclic) bond motifs is 3. The van der Waals surface area contributed by atoms with Crippen LogP contribution in [0.15, 0.2) is 54.6 Å². The van der Waals surface area contributed by atoms with E-state index >= 15 is 0 Å². The molecule has 0 unspecified atom stereocenters. The average Bonchev–Trinajstić information content (AvgIpc) is 3.54. The van der Waals surface area contributed by atoms with Crippen LogP contribution in [0, 0.1) is 5.92 Å². The van der Waals surface area contributed by atoms with Gasteiger partial charge in [0, 0.05) is 31.0 Å². The number of aromatic nitrogens is 2. The number of anilines is 1. The van der Waals surface area contributed by atoms with Gasteiger partial charge in [0.05, 0.1) is 0 Å². The van der Waals surface area contributed by atoms with E-state index < -0.39 is 12.1 Å². The molecule has 1 heterocycles. The molecule has 0 aliphatic heterocycles. The van der Waals surface area contributed by atoms with Gasteiger partial charge in [0.15, 0.2) is 5.69 Å². The van der Waals surface area contributed by atoms with Gasteiger partial charge < -0.3 is 20.5 Å². The molecule has 0 bridgehead atoms. The first kappa shape index (κ1) is 22.6. The van der Waals surface area contributed by atoms with Crippen LogP contribution in [0.5, 0.6) is 0 Å². The summed E-state index contributed by atoms with van der Waals surface area (Å²) >= 11 is 0. The van der Waals surface area contributed by atoms with Gasteiger partial charge in [0.2, 0.25) is 5.91 Å². The number of aromatic carboxylic acids is 1. The van der Waals surface area contributed by atoms with Crippen LogP contribution in [0.4, 0.5) is 10.6 Å². The van der Waals surface area contributed by atoms with Crippen LogP contribution in [0.25, 0.3) is 11.1 Å². The van der Waals surface area contributed by atoms with Crippen molar-refractivity contribution in [2.24, 2.45) is 13.0 Å². The molecule has 0 spiro atoms. The lowest BCUT2D eigenvalue weighted by molar-refractivity contribution is -0.119. The number of nitrogens with one attached hydrogen (secondary N) is 2. The summed E-state index contributed by atoms with van der Waals surface area (Å²) in [7, 11) is 1.57. The zero-order valence-corrected chi connectivity index (χ0v) is 19.2. The van der Waals surface area contributed by atoms with Crippen LogP contribution in [0.2, 0.25) is 0 Å². The molecule has 2 atom stereocenters. The maximum Gasteiger partial charge on any atom is 0.407 e. The number of amides is 2. The number of carboxylic acids is 1. The highest BCUT2D eigenvalue weighted by Gasteiger charge is 2.33. The lowest BCUT2D eigenvalue weighted by Crippen LogP contribution is -2.35. The summed E-state index contributed by atoms with van der Waals surface area (Å²) in [5.74, 6) is -1.36. The number of benzene rings is 2. The molecule has 2 amide bonds. The monoisotopic (exact) mass is 474 g/mol. The van der Waals surface area contributed by atoms with E-state index in [9.17, 15) is 14.4 Å². The third kappa shape index (κ3) is 4.49. The molecule has 5 rings (SSSR count). The summed E-state index contributed by atoms with van der Waals surface area (Å²) in [6.07, 6.45) is 1.27. The fourth-order valence-electron chi connectivity index (χ4n) is 5.07. The molecule has 1 aromatic heterocycles. The highest BCUT2D eigenvalue weighted by molar-refractivity contribution is 5.94. The first-order chi connectivity index (χ1) is 16.9. The second kappa shape index (κ2) is 9.25. The second-order valence-corrected chi connectivity index (χ2v) is 9.01. The highest BCUT2D eigenvalue weighted by Crippen LogP contribution is 2.44. The van der Waals surface area contributed by atoms with E-state index in [1.165, 1.54) is 21.9 Å². The summed E-state index contributed by atoms with van der Waals surface area (Å²) < 4.78 is 6.94. The number of ether oxygens (including phenoxy) is 1. The van der Waals surface area contributed by atoms with Gasteiger partial charge in [-0.05, 0) is 41.5 Å². The Hall–Kier alpha value is -4.14. The predicted octanol–water partition coefficient (Wildman–Crippen LogP) is 3.76. The Labute approximate surface area is 202 Å². The minimum absolute atomic E-state index is 0.00940. The summed E-state index contributed by atoms with van der Waals surface area (Å²) in [4.78, 5) is 36.3. The molecule has 180 valence electrons. The minimum Gasteiger partial charge on any atom is -0.476 e. The van der Waals surface area contributed by atoms with Gasteiger partial charge in [0.1, 0.15) is 12.4 Å². The van der Waals surface area contributed by atoms with Gasteiger partial charge in [-0.2, -0.15) is 5.10 Å². The fourth-order valence-corrected chi connectivity index (χ4v) is 5.07. The molecule has 35 heavy (non-hydrogen) atoms. The van der Waals surface area contributed by atoms with Crippen LogP contribution in [-0.2, 0) is 16.6 Å². The molecule has 1 saturated carbocycles. The van der Waals surface area contributed by atoms with Gasteiger partial charge in [-0.3, -0.25) is 9.48 Å². The summed E-state index contributed by atoms with van der Waals surface area (Å²) in [5, 5.41) is 18.5. The number of carboxylic acid groups (broad SMARTS) is 1. The number of aryl methyl sites for hydroxylation is 1. The molecule has 9 heteroatoms. The summed E-state index contributed by atoms with van der Waals surface area (Å²) in [5.41, 5.74) is 4.51. The zero-order chi connectivity index (χ0) is 24.5. The summed E-state index contributed by atoms with van der Waals surface area (Å²) in [6, 6.07) is 17.5. The highest BCUT2D eigenvalue weighted by atomic mass is 16.5. The predicted molar refractivity (Wildman–Crippen MR) is 128 cm³/mol. The SMILES string of the molecule is Cn1nc(C(=O)O)cc1NC(=O)[C@@H]1CC[C@H](NC(=O)OCC2c3ccccc3-c3ccccc32)C1. The van der Waals surface area contributed by atoms with Crippen molar-refractivity contribution in [2.75, 3.05) is 11.9 Å². The quantitative estimate of drug-likeness (QED) is 0.500. The number of hydrogen-bond donors (Lipinski definition) is 3. The fraction of sp³-hybridized carbons (Fsp3) is 0.308. The molecular weight excluding hydrogens is 448 g/mol. The molecule has 9 nitrogen and oxygen atoms in total. The molecule has 2 aromatic carbocycles. The Bertz CT molecular complexity index is 1250. The van der Waals surface area contributed by atoms with Gasteiger partial charge in [0.25, 0.3) is 0 Å². The standard InChI is InChI=1S/C26H26N4O5/c1-30-23(13-22(29-30)25(32)33)28-24(31)15-10-11-16(12-15)27-26(34)35-14-21-19-8-4-2-6-17(19)18-7-3-5-9-20(18)21/h2-9,13,15-16,21H,10-12,14H2,1H3,(H,27,34)(H,28,31)(H,32,33)/t15-,16+/m1/s1. The smallest absolute Gasteiger partial charge is 0.407 e. The van der Waals surface area contributed by atoms with E-state index in [0.29, 0.717) is 25.1 Å². The third-order valence-corrected chi connectivity index (χ3v) is 6.82. The normalized spacial score (nSPS) is 18.5. The Kier molecular flexibility index (Phi) is 5.98. The summed E-state index contributed by atoms with van der Waals surface area (Å²) in [6.45, 7) is 0.239. The van der Waals surface area contributed by atoms with E-state index in [2.05, 4.69) is 40.0 Å². The third-order valence-electron chi connectivity index (χ3n) is 6.82. The number of rotatable bonds is 6. The first-order valence-electron chi connectivity index (χ1n) is 11.6. The second-order valence-electron chi connectivity index (χ2n) is 9.01. The molecule has 3 aromatic rings. The number of alkyl carbamates (subject to hydrolysis) is 1. The van der Waals surface area contributed by atoms with Crippen molar-refractivity contribution in [3.8, 4) is 11.1 Å². The molecule has 0 saturated heterocycles. The van der Waals surface area contributed by atoms with Crippen LogP contribution in [0.1, 0.15) is 46.8 Å².